The van der Waals surface area contributed by atoms with Crippen LogP contribution in [0.3, 0.4) is 0 Å². The maximum atomic E-state index is 8.31. The molecule has 3 aliphatic rings. The zero-order valence-electron chi connectivity index (χ0n) is 7.63. The largest absolute Gasteiger partial charge is 0.242 e. The highest BCUT2D eigenvalue weighted by Gasteiger charge is 2.30. The first-order valence-corrected chi connectivity index (χ1v) is 4.12. The van der Waals surface area contributed by atoms with E-state index in [1.165, 1.54) is 17.6 Å². The monoisotopic (exact) mass is 214 g/mol. The SMILES string of the molecule is [N-]=[N+]=NC1=NC2=NC=NC3=NC=NC(=N1)N32. The smallest absolute Gasteiger partial charge is 0.213 e. The number of hydrogen-bond acceptors (Lipinski definition) is 8. The molecule has 3 rings (SSSR count). The second-order valence-electron chi connectivity index (χ2n) is 2.70. The van der Waals surface area contributed by atoms with Crippen molar-refractivity contribution in [2.75, 3.05) is 0 Å². The van der Waals surface area contributed by atoms with E-state index in [4.69, 9.17) is 5.53 Å². The predicted molar refractivity (Wildman–Crippen MR) is 57.7 cm³/mol. The molecule has 3 heterocycles. The fourth-order valence-electron chi connectivity index (χ4n) is 1.24. The summed E-state index contributed by atoms with van der Waals surface area (Å²) in [4.78, 5) is 27.6. The van der Waals surface area contributed by atoms with Crippen molar-refractivity contribution in [1.82, 2.24) is 4.90 Å². The van der Waals surface area contributed by atoms with Gasteiger partial charge in [0, 0.05) is 4.91 Å². The van der Waals surface area contributed by atoms with E-state index in [-0.39, 0.29) is 17.9 Å². The number of guanidine groups is 4. The van der Waals surface area contributed by atoms with E-state index in [9.17, 15) is 0 Å². The van der Waals surface area contributed by atoms with Crippen LogP contribution in [0.15, 0.2) is 35.1 Å². The molecule has 0 unspecified atom stereocenters. The average molecular weight is 214 g/mol. The summed E-state index contributed by atoms with van der Waals surface area (Å²) in [7, 11) is 0. The van der Waals surface area contributed by atoms with Crippen LogP contribution in [0.5, 0.6) is 0 Å². The third kappa shape index (κ3) is 1.11. The summed E-state index contributed by atoms with van der Waals surface area (Å²) in [5.41, 5.74) is 8.31. The molecule has 0 atom stereocenters. The highest BCUT2D eigenvalue weighted by Crippen LogP contribution is 2.13. The Morgan fingerprint density at radius 1 is 1.06 bits per heavy atom. The Hall–Kier alpha value is -2.87. The Bertz CT molecular complexity index is 578. The van der Waals surface area contributed by atoms with Crippen molar-refractivity contribution in [3.8, 4) is 0 Å². The zero-order chi connectivity index (χ0) is 11.0. The molecule has 10 nitrogen and oxygen atoms in total. The molecule has 0 spiro atoms. The van der Waals surface area contributed by atoms with Crippen molar-refractivity contribution in [1.29, 1.82) is 0 Å². The minimum atomic E-state index is -0.0406. The second-order valence-corrected chi connectivity index (χ2v) is 2.70. The van der Waals surface area contributed by atoms with Gasteiger partial charge in [0.25, 0.3) is 0 Å². The van der Waals surface area contributed by atoms with Crippen LogP contribution in [0.25, 0.3) is 10.4 Å². The van der Waals surface area contributed by atoms with Crippen molar-refractivity contribution in [2.45, 2.75) is 0 Å². The standard InChI is InChI=1S/C6H2N10/c7-15-14-3-12-5-10-1-8-4-9-2-11-6(13-3)16(4)5/h1-2H. The van der Waals surface area contributed by atoms with Crippen LogP contribution in [-0.4, -0.2) is 41.4 Å². The van der Waals surface area contributed by atoms with Crippen molar-refractivity contribution >= 4 is 36.5 Å². The molecule has 16 heavy (non-hydrogen) atoms. The highest BCUT2D eigenvalue weighted by molar-refractivity contribution is 6.27. The first-order valence-electron chi connectivity index (χ1n) is 4.12. The van der Waals surface area contributed by atoms with Crippen LogP contribution in [0.1, 0.15) is 0 Å². The van der Waals surface area contributed by atoms with Crippen molar-refractivity contribution in [3.63, 3.8) is 0 Å². The molecule has 10 heteroatoms. The van der Waals surface area contributed by atoms with Crippen LogP contribution in [-0.2, 0) is 0 Å². The normalized spacial score (nSPS) is 20.1. The third-order valence-corrected chi connectivity index (χ3v) is 1.83. The van der Waals surface area contributed by atoms with Gasteiger partial charge in [-0.15, -0.1) is 0 Å². The topological polar surface area (TPSA) is 126 Å². The molecule has 3 aliphatic heterocycles. The van der Waals surface area contributed by atoms with E-state index in [1.54, 1.807) is 0 Å². The molecule has 0 aromatic carbocycles. The number of rotatable bonds is 0. The van der Waals surface area contributed by atoms with Gasteiger partial charge < -0.3 is 0 Å². The summed E-state index contributed by atoms with van der Waals surface area (Å²) in [6, 6.07) is 0. The van der Waals surface area contributed by atoms with Gasteiger partial charge >= 0.3 is 0 Å². The van der Waals surface area contributed by atoms with Gasteiger partial charge in [0.05, 0.1) is 0 Å². The maximum Gasteiger partial charge on any atom is 0.242 e. The summed E-state index contributed by atoms with van der Waals surface area (Å²) in [5.74, 6) is 0.889. The molecule has 0 bridgehead atoms. The maximum absolute atomic E-state index is 8.31. The van der Waals surface area contributed by atoms with Gasteiger partial charge in [-0.05, 0) is 10.6 Å². The molecule has 0 N–H and O–H groups in total. The number of azide groups is 1. The van der Waals surface area contributed by atoms with E-state index in [0.29, 0.717) is 5.96 Å². The van der Waals surface area contributed by atoms with E-state index < -0.39 is 0 Å². The quantitative estimate of drug-likeness (QED) is 0.317. The van der Waals surface area contributed by atoms with Crippen molar-refractivity contribution < 1.29 is 0 Å². The van der Waals surface area contributed by atoms with Crippen molar-refractivity contribution in [2.24, 2.45) is 35.1 Å². The summed E-state index contributed by atoms with van der Waals surface area (Å²) in [5, 5.41) is 3.30. The number of nitrogens with zero attached hydrogens (tertiary/aromatic N) is 10. The fourth-order valence-corrected chi connectivity index (χ4v) is 1.24. The summed E-state index contributed by atoms with van der Waals surface area (Å²) < 4.78 is 0. The van der Waals surface area contributed by atoms with Crippen LogP contribution in [0, 0.1) is 0 Å². The molecule has 0 fully saturated rings. The molecule has 0 radical (unpaired) electrons. The first kappa shape index (κ1) is 8.44. The van der Waals surface area contributed by atoms with Gasteiger partial charge in [0.2, 0.25) is 23.8 Å². The summed E-state index contributed by atoms with van der Waals surface area (Å²) >= 11 is 0. The van der Waals surface area contributed by atoms with E-state index in [0.717, 1.165) is 0 Å². The lowest BCUT2D eigenvalue weighted by Gasteiger charge is -2.26. The molecular formula is C6H2N10. The third-order valence-electron chi connectivity index (χ3n) is 1.83. The summed E-state index contributed by atoms with van der Waals surface area (Å²) in [6.45, 7) is 0. The van der Waals surface area contributed by atoms with Gasteiger partial charge in [-0.2, -0.15) is 9.98 Å². The lowest BCUT2D eigenvalue weighted by atomic mass is 10.5. The Kier molecular flexibility index (Phi) is 1.62. The van der Waals surface area contributed by atoms with Crippen molar-refractivity contribution in [3.05, 3.63) is 10.4 Å². The van der Waals surface area contributed by atoms with Gasteiger partial charge in [0.15, 0.2) is 0 Å². The van der Waals surface area contributed by atoms with Gasteiger partial charge in [-0.25, -0.2) is 24.9 Å². The minimum absolute atomic E-state index is 0.0406. The molecule has 0 saturated carbocycles. The highest BCUT2D eigenvalue weighted by atomic mass is 15.5. The first-order chi connectivity index (χ1) is 7.88. The molecule has 0 aliphatic carbocycles. The zero-order valence-corrected chi connectivity index (χ0v) is 7.63. The van der Waals surface area contributed by atoms with Gasteiger partial charge in [0.1, 0.15) is 12.7 Å². The van der Waals surface area contributed by atoms with E-state index in [1.807, 2.05) is 0 Å². The fraction of sp³-hybridized carbons (Fsp3) is 0. The van der Waals surface area contributed by atoms with Crippen LogP contribution in [0.2, 0.25) is 0 Å². The molecule has 0 saturated heterocycles. The summed E-state index contributed by atoms with van der Waals surface area (Å²) in [6.07, 6.45) is 2.62. The molecule has 0 aromatic rings. The number of hydrogen-bond donors (Lipinski definition) is 0. The molecular weight excluding hydrogens is 212 g/mol. The van der Waals surface area contributed by atoms with Gasteiger partial charge in [-0.3, -0.25) is 0 Å². The minimum Gasteiger partial charge on any atom is -0.213 e. The van der Waals surface area contributed by atoms with E-state index >= 15 is 0 Å². The van der Waals surface area contributed by atoms with E-state index in [2.05, 4.69) is 40.0 Å². The second kappa shape index (κ2) is 3.07. The Morgan fingerprint density at radius 3 is 2.62 bits per heavy atom. The lowest BCUT2D eigenvalue weighted by molar-refractivity contribution is 0.832. The van der Waals surface area contributed by atoms with Crippen LogP contribution < -0.4 is 0 Å². The molecule has 0 aromatic heterocycles. The lowest BCUT2D eigenvalue weighted by Crippen LogP contribution is -2.45. The average Bonchev–Trinajstić information content (AvgIpc) is 2.30. The van der Waals surface area contributed by atoms with Crippen LogP contribution >= 0.6 is 0 Å². The molecule has 76 valence electrons. The van der Waals surface area contributed by atoms with Gasteiger partial charge in [-0.1, -0.05) is 0 Å². The Morgan fingerprint density at radius 2 is 1.81 bits per heavy atom. The Balaban J connectivity index is 2.17. The Labute approximate surface area is 87.8 Å². The number of aliphatic imine (C=N–C) groups is 6. The predicted octanol–water partition coefficient (Wildman–Crippen LogP) is 0.120. The van der Waals surface area contributed by atoms with Crippen LogP contribution in [0.4, 0.5) is 0 Å². The molecule has 0 amide bonds.